The van der Waals surface area contributed by atoms with Gasteiger partial charge in [-0.1, -0.05) is 12.1 Å². The number of hydrogen-bond acceptors (Lipinski definition) is 3. The van der Waals surface area contributed by atoms with Gasteiger partial charge in [0.15, 0.2) is 0 Å². The highest BCUT2D eigenvalue weighted by Gasteiger charge is 2.19. The number of nitrogen functional groups attached to an aromatic ring is 1. The van der Waals surface area contributed by atoms with Crippen LogP contribution in [0.25, 0.3) is 22.2 Å². The number of ether oxygens (including phenoxy) is 1. The Balaban J connectivity index is 2.05. The summed E-state index contributed by atoms with van der Waals surface area (Å²) in [5, 5.41) is 6.55. The number of nitrogens with one attached hydrogen (secondary N) is 2. The van der Waals surface area contributed by atoms with E-state index in [0.717, 1.165) is 39.3 Å². The van der Waals surface area contributed by atoms with Crippen molar-refractivity contribution in [3.63, 3.8) is 0 Å². The Morgan fingerprint density at radius 2 is 1.86 bits per heavy atom. The molecule has 0 unspecified atom stereocenters. The molecule has 0 aliphatic carbocycles. The summed E-state index contributed by atoms with van der Waals surface area (Å²) >= 11 is 0. The molecule has 1 heterocycles. The molecule has 1 aromatic heterocycles. The summed E-state index contributed by atoms with van der Waals surface area (Å²) in [6.07, 6.45) is 0. The molecule has 148 valence electrons. The van der Waals surface area contributed by atoms with Crippen LogP contribution in [0.3, 0.4) is 0 Å². The number of urea groups is 1. The van der Waals surface area contributed by atoms with Gasteiger partial charge in [0, 0.05) is 35.3 Å². The van der Waals surface area contributed by atoms with Crippen LogP contribution in [0.15, 0.2) is 42.5 Å². The van der Waals surface area contributed by atoms with Gasteiger partial charge in [-0.3, -0.25) is 0 Å². The topological polar surface area (TPSA) is 81.3 Å². The van der Waals surface area contributed by atoms with Crippen molar-refractivity contribution in [2.24, 2.45) is 0 Å². The third kappa shape index (κ3) is 3.76. The van der Waals surface area contributed by atoms with Crippen molar-refractivity contribution >= 4 is 28.3 Å². The van der Waals surface area contributed by atoms with Gasteiger partial charge in [0.05, 0.1) is 23.5 Å². The van der Waals surface area contributed by atoms with Gasteiger partial charge in [0.25, 0.3) is 0 Å². The van der Waals surface area contributed by atoms with E-state index in [2.05, 4.69) is 29.0 Å². The predicted molar refractivity (Wildman–Crippen MR) is 116 cm³/mol. The van der Waals surface area contributed by atoms with E-state index in [1.165, 1.54) is 0 Å². The molecule has 2 aromatic carbocycles. The van der Waals surface area contributed by atoms with Gasteiger partial charge in [-0.15, -0.1) is 0 Å². The molecule has 6 heteroatoms. The lowest BCUT2D eigenvalue weighted by Crippen LogP contribution is -2.28. The Morgan fingerprint density at radius 1 is 1.14 bits per heavy atom. The van der Waals surface area contributed by atoms with Gasteiger partial charge in [0.2, 0.25) is 0 Å². The SMILES string of the molecule is CCNC(=O)Nc1ccc(-c2c(N)c3ccc(OCC)cc3n2C(C)C)cc1. The van der Waals surface area contributed by atoms with Gasteiger partial charge in [0.1, 0.15) is 5.75 Å². The Hall–Kier alpha value is -3.15. The zero-order valence-electron chi connectivity index (χ0n) is 16.9. The van der Waals surface area contributed by atoms with Gasteiger partial charge in [-0.05, 0) is 52.0 Å². The van der Waals surface area contributed by atoms with Crippen LogP contribution in [-0.4, -0.2) is 23.7 Å². The average molecular weight is 380 g/mol. The number of carbonyl (C=O) groups excluding carboxylic acids is 1. The van der Waals surface area contributed by atoms with Crippen molar-refractivity contribution < 1.29 is 9.53 Å². The Labute approximate surface area is 165 Å². The molecule has 0 bridgehead atoms. The molecule has 2 amide bonds. The molecule has 0 saturated heterocycles. The summed E-state index contributed by atoms with van der Waals surface area (Å²) in [5.41, 5.74) is 11.1. The highest BCUT2D eigenvalue weighted by Crippen LogP contribution is 2.40. The summed E-state index contributed by atoms with van der Waals surface area (Å²) < 4.78 is 7.91. The van der Waals surface area contributed by atoms with Crippen LogP contribution in [0.2, 0.25) is 0 Å². The van der Waals surface area contributed by atoms with Gasteiger partial charge < -0.3 is 25.7 Å². The molecule has 3 aromatic rings. The van der Waals surface area contributed by atoms with Crippen molar-refractivity contribution in [2.75, 3.05) is 24.2 Å². The first-order valence-electron chi connectivity index (χ1n) is 9.67. The number of rotatable bonds is 6. The van der Waals surface area contributed by atoms with Crippen LogP contribution < -0.4 is 21.1 Å². The summed E-state index contributed by atoms with van der Waals surface area (Å²) in [5.74, 6) is 0.836. The maximum absolute atomic E-state index is 11.7. The third-order valence-corrected chi connectivity index (χ3v) is 4.60. The molecule has 0 aliphatic rings. The second-order valence-corrected chi connectivity index (χ2v) is 6.90. The minimum Gasteiger partial charge on any atom is -0.494 e. The van der Waals surface area contributed by atoms with Gasteiger partial charge in [-0.25, -0.2) is 4.79 Å². The number of benzene rings is 2. The molecule has 28 heavy (non-hydrogen) atoms. The fraction of sp³-hybridized carbons (Fsp3) is 0.318. The number of hydrogen-bond donors (Lipinski definition) is 3. The number of anilines is 2. The smallest absolute Gasteiger partial charge is 0.319 e. The van der Waals surface area contributed by atoms with E-state index in [-0.39, 0.29) is 12.1 Å². The van der Waals surface area contributed by atoms with Crippen LogP contribution in [-0.2, 0) is 0 Å². The van der Waals surface area contributed by atoms with Gasteiger partial charge >= 0.3 is 6.03 Å². The molecule has 4 N–H and O–H groups in total. The van der Waals surface area contributed by atoms with Crippen LogP contribution in [0.1, 0.15) is 33.7 Å². The maximum atomic E-state index is 11.7. The number of fused-ring (bicyclic) bond motifs is 1. The minimum atomic E-state index is -0.213. The van der Waals surface area contributed by atoms with Crippen LogP contribution in [0, 0.1) is 0 Å². The minimum absolute atomic E-state index is 0.213. The lowest BCUT2D eigenvalue weighted by molar-refractivity contribution is 0.252. The lowest BCUT2D eigenvalue weighted by Gasteiger charge is -2.16. The van der Waals surface area contributed by atoms with Crippen LogP contribution in [0.5, 0.6) is 5.75 Å². The molecular weight excluding hydrogens is 352 g/mol. The van der Waals surface area contributed by atoms with E-state index in [0.29, 0.717) is 13.2 Å². The fourth-order valence-electron chi connectivity index (χ4n) is 3.45. The largest absolute Gasteiger partial charge is 0.494 e. The first kappa shape index (κ1) is 19.6. The van der Waals surface area contributed by atoms with E-state index < -0.39 is 0 Å². The van der Waals surface area contributed by atoms with E-state index in [1.54, 1.807) is 0 Å². The molecule has 0 spiro atoms. The molecular formula is C22H28N4O2. The van der Waals surface area contributed by atoms with Crippen LogP contribution in [0.4, 0.5) is 16.2 Å². The molecule has 6 nitrogen and oxygen atoms in total. The first-order valence-corrected chi connectivity index (χ1v) is 9.67. The van der Waals surface area contributed by atoms with Gasteiger partial charge in [-0.2, -0.15) is 0 Å². The Morgan fingerprint density at radius 3 is 2.46 bits per heavy atom. The van der Waals surface area contributed by atoms with Crippen LogP contribution >= 0.6 is 0 Å². The fourth-order valence-corrected chi connectivity index (χ4v) is 3.45. The number of amides is 2. The molecule has 3 rings (SSSR count). The standard InChI is InChI=1S/C22H28N4O2/c1-5-24-22(27)25-16-9-7-15(8-10-16)21-20(23)18-12-11-17(28-6-2)13-19(18)26(21)14(3)4/h7-14H,5-6,23H2,1-4H3,(H2,24,25,27). The van der Waals surface area contributed by atoms with Crippen molar-refractivity contribution in [1.82, 2.24) is 9.88 Å². The third-order valence-electron chi connectivity index (χ3n) is 4.60. The second kappa shape index (κ2) is 8.25. The molecule has 0 atom stereocenters. The van der Waals surface area contributed by atoms with Crippen molar-refractivity contribution in [3.05, 3.63) is 42.5 Å². The monoisotopic (exact) mass is 380 g/mol. The van der Waals surface area contributed by atoms with E-state index >= 15 is 0 Å². The number of carbonyl (C=O) groups is 1. The second-order valence-electron chi connectivity index (χ2n) is 6.90. The highest BCUT2D eigenvalue weighted by molar-refractivity contribution is 6.01. The maximum Gasteiger partial charge on any atom is 0.319 e. The van der Waals surface area contributed by atoms with Crippen molar-refractivity contribution in [3.8, 4) is 17.0 Å². The molecule has 0 saturated carbocycles. The van der Waals surface area contributed by atoms with E-state index in [1.807, 2.05) is 56.3 Å². The Kier molecular flexibility index (Phi) is 5.78. The van der Waals surface area contributed by atoms with Crippen molar-refractivity contribution in [2.45, 2.75) is 33.7 Å². The normalized spacial score (nSPS) is 11.0. The zero-order valence-corrected chi connectivity index (χ0v) is 16.9. The predicted octanol–water partition coefficient (Wildman–Crippen LogP) is 5.01. The quantitative estimate of drug-likeness (QED) is 0.562. The highest BCUT2D eigenvalue weighted by atomic mass is 16.5. The first-order chi connectivity index (χ1) is 13.5. The molecule has 0 radical (unpaired) electrons. The van der Waals surface area contributed by atoms with E-state index in [4.69, 9.17) is 10.5 Å². The average Bonchev–Trinajstić information content (AvgIpc) is 2.95. The number of aromatic nitrogens is 1. The summed E-state index contributed by atoms with van der Waals surface area (Å²) in [6, 6.07) is 13.8. The zero-order chi connectivity index (χ0) is 20.3. The summed E-state index contributed by atoms with van der Waals surface area (Å²) in [4.78, 5) is 11.7. The number of nitrogens with zero attached hydrogens (tertiary/aromatic N) is 1. The number of nitrogens with two attached hydrogens (primary N) is 1. The molecule has 0 fully saturated rings. The van der Waals surface area contributed by atoms with Crippen molar-refractivity contribution in [1.29, 1.82) is 0 Å². The van der Waals surface area contributed by atoms with E-state index in [9.17, 15) is 4.79 Å². The lowest BCUT2D eigenvalue weighted by atomic mass is 10.1. The molecule has 0 aliphatic heterocycles. The summed E-state index contributed by atoms with van der Waals surface area (Å²) in [7, 11) is 0. The Bertz CT molecular complexity index is 974. The summed E-state index contributed by atoms with van der Waals surface area (Å²) in [6.45, 7) is 9.34.